The Hall–Kier alpha value is -2.14. The highest BCUT2D eigenvalue weighted by atomic mass is 16.1. The normalized spacial score (nSPS) is 12.1. The van der Waals surface area contributed by atoms with Gasteiger partial charge in [0.1, 0.15) is 0 Å². The Morgan fingerprint density at radius 3 is 2.84 bits per heavy atom. The van der Waals surface area contributed by atoms with Crippen molar-refractivity contribution in [3.8, 4) is 5.69 Å². The highest BCUT2D eigenvalue weighted by Crippen LogP contribution is 2.07. The highest BCUT2D eigenvalue weighted by Gasteiger charge is 2.10. The van der Waals surface area contributed by atoms with Gasteiger partial charge >= 0.3 is 0 Å². The summed E-state index contributed by atoms with van der Waals surface area (Å²) in [6.07, 6.45) is 3.28. The van der Waals surface area contributed by atoms with E-state index in [9.17, 15) is 4.79 Å². The second-order valence-corrected chi connectivity index (χ2v) is 4.56. The first-order valence-electron chi connectivity index (χ1n) is 6.29. The van der Waals surface area contributed by atoms with Crippen molar-refractivity contribution >= 4 is 5.91 Å². The smallest absolute Gasteiger partial charge is 0.254 e. The second-order valence-electron chi connectivity index (χ2n) is 4.56. The number of nitrogens with one attached hydrogen (secondary N) is 1. The Morgan fingerprint density at radius 1 is 1.42 bits per heavy atom. The van der Waals surface area contributed by atoms with Crippen LogP contribution in [0.15, 0.2) is 42.7 Å². The Morgan fingerprint density at radius 2 is 2.16 bits per heavy atom. The van der Waals surface area contributed by atoms with Gasteiger partial charge in [0.25, 0.3) is 5.91 Å². The van der Waals surface area contributed by atoms with Crippen molar-refractivity contribution in [2.75, 3.05) is 13.1 Å². The van der Waals surface area contributed by atoms with Crippen molar-refractivity contribution in [2.24, 2.45) is 11.7 Å². The predicted molar refractivity (Wildman–Crippen MR) is 74.1 cm³/mol. The van der Waals surface area contributed by atoms with Gasteiger partial charge in [0.05, 0.1) is 17.4 Å². The molecular weight excluding hydrogens is 240 g/mol. The monoisotopic (exact) mass is 258 g/mol. The van der Waals surface area contributed by atoms with Crippen LogP contribution in [0, 0.1) is 5.92 Å². The summed E-state index contributed by atoms with van der Waals surface area (Å²) in [5.74, 6) is 0.149. The van der Waals surface area contributed by atoms with Crippen molar-refractivity contribution in [3.05, 3.63) is 48.3 Å². The fourth-order valence-corrected chi connectivity index (χ4v) is 1.61. The van der Waals surface area contributed by atoms with Crippen LogP contribution in [0.1, 0.15) is 17.3 Å². The number of hydrogen-bond donors (Lipinski definition) is 2. The third kappa shape index (κ3) is 3.42. The Kier molecular flexibility index (Phi) is 4.30. The first-order valence-corrected chi connectivity index (χ1v) is 6.29. The first kappa shape index (κ1) is 13.3. The molecule has 0 fully saturated rings. The lowest BCUT2D eigenvalue weighted by molar-refractivity contribution is 0.0948. The lowest BCUT2D eigenvalue weighted by Gasteiger charge is -2.08. The van der Waals surface area contributed by atoms with E-state index in [1.807, 2.05) is 37.3 Å². The maximum absolute atomic E-state index is 11.9. The molecule has 0 aliphatic carbocycles. The van der Waals surface area contributed by atoms with Gasteiger partial charge in [-0.05, 0) is 24.6 Å². The van der Waals surface area contributed by atoms with E-state index in [1.54, 1.807) is 17.1 Å². The van der Waals surface area contributed by atoms with Gasteiger partial charge in [0.2, 0.25) is 0 Å². The molecule has 3 N–H and O–H groups in total. The molecule has 5 nitrogen and oxygen atoms in total. The standard InChI is InChI=1S/C14H18N4O/c1-11(7-15)8-16-14(19)12-9-17-18(10-12)13-5-3-2-4-6-13/h2-6,9-11H,7-8,15H2,1H3,(H,16,19). The van der Waals surface area contributed by atoms with E-state index in [0.29, 0.717) is 18.7 Å². The fourth-order valence-electron chi connectivity index (χ4n) is 1.61. The van der Waals surface area contributed by atoms with E-state index < -0.39 is 0 Å². The fraction of sp³-hybridized carbons (Fsp3) is 0.286. The molecule has 1 aromatic carbocycles. The minimum Gasteiger partial charge on any atom is -0.352 e. The summed E-state index contributed by atoms with van der Waals surface area (Å²) in [6.45, 7) is 3.13. The quantitative estimate of drug-likeness (QED) is 0.846. The van der Waals surface area contributed by atoms with Crippen LogP contribution >= 0.6 is 0 Å². The number of nitrogens with zero attached hydrogens (tertiary/aromatic N) is 2. The molecule has 5 heteroatoms. The number of rotatable bonds is 5. The average Bonchev–Trinajstić information content (AvgIpc) is 2.95. The molecule has 1 heterocycles. The summed E-state index contributed by atoms with van der Waals surface area (Å²) in [5.41, 5.74) is 6.99. The second kappa shape index (κ2) is 6.15. The molecule has 0 radical (unpaired) electrons. The Bertz CT molecular complexity index is 535. The molecule has 1 unspecified atom stereocenters. The lowest BCUT2D eigenvalue weighted by Crippen LogP contribution is -2.31. The summed E-state index contributed by atoms with van der Waals surface area (Å²) in [5, 5.41) is 7.03. The Balaban J connectivity index is 2.03. The van der Waals surface area contributed by atoms with Gasteiger partial charge in [-0.3, -0.25) is 4.79 Å². The molecule has 0 bridgehead atoms. The van der Waals surface area contributed by atoms with Crippen molar-refractivity contribution in [1.29, 1.82) is 0 Å². The minimum absolute atomic E-state index is 0.123. The summed E-state index contributed by atoms with van der Waals surface area (Å²) in [6, 6.07) is 9.67. The molecule has 0 spiro atoms. The summed E-state index contributed by atoms with van der Waals surface area (Å²) >= 11 is 0. The number of carbonyl (C=O) groups excluding carboxylic acids is 1. The van der Waals surface area contributed by atoms with E-state index in [0.717, 1.165) is 5.69 Å². The van der Waals surface area contributed by atoms with Gasteiger partial charge in [-0.1, -0.05) is 25.1 Å². The van der Waals surface area contributed by atoms with E-state index >= 15 is 0 Å². The molecule has 0 aliphatic rings. The van der Waals surface area contributed by atoms with Gasteiger partial charge in [0.15, 0.2) is 0 Å². The number of benzene rings is 1. The summed E-state index contributed by atoms with van der Waals surface area (Å²) in [4.78, 5) is 11.9. The zero-order chi connectivity index (χ0) is 13.7. The van der Waals surface area contributed by atoms with Crippen LogP contribution in [0.4, 0.5) is 0 Å². The third-order valence-electron chi connectivity index (χ3n) is 2.88. The minimum atomic E-state index is -0.123. The number of hydrogen-bond acceptors (Lipinski definition) is 3. The lowest BCUT2D eigenvalue weighted by atomic mass is 10.2. The summed E-state index contributed by atoms with van der Waals surface area (Å²) in [7, 11) is 0. The van der Waals surface area contributed by atoms with Gasteiger partial charge < -0.3 is 11.1 Å². The van der Waals surface area contributed by atoms with Crippen molar-refractivity contribution < 1.29 is 4.79 Å². The van der Waals surface area contributed by atoms with Crippen LogP contribution in [-0.2, 0) is 0 Å². The van der Waals surface area contributed by atoms with Gasteiger partial charge in [-0.15, -0.1) is 0 Å². The molecule has 100 valence electrons. The van der Waals surface area contributed by atoms with Gasteiger partial charge in [0, 0.05) is 12.7 Å². The van der Waals surface area contributed by atoms with E-state index in [4.69, 9.17) is 5.73 Å². The largest absolute Gasteiger partial charge is 0.352 e. The number of aromatic nitrogens is 2. The topological polar surface area (TPSA) is 72.9 Å². The van der Waals surface area contributed by atoms with Crippen molar-refractivity contribution in [2.45, 2.75) is 6.92 Å². The van der Waals surface area contributed by atoms with Crippen LogP contribution in [0.5, 0.6) is 0 Å². The zero-order valence-electron chi connectivity index (χ0n) is 10.9. The van der Waals surface area contributed by atoms with E-state index in [-0.39, 0.29) is 11.8 Å². The predicted octanol–water partition coefficient (Wildman–Crippen LogP) is 1.20. The van der Waals surface area contributed by atoms with Gasteiger partial charge in [-0.25, -0.2) is 4.68 Å². The average molecular weight is 258 g/mol. The number of para-hydroxylation sites is 1. The van der Waals surface area contributed by atoms with Crippen LogP contribution in [0.25, 0.3) is 5.69 Å². The molecule has 0 aliphatic heterocycles. The van der Waals surface area contributed by atoms with Crippen molar-refractivity contribution in [1.82, 2.24) is 15.1 Å². The molecule has 2 aromatic rings. The van der Waals surface area contributed by atoms with Crippen LogP contribution < -0.4 is 11.1 Å². The van der Waals surface area contributed by atoms with Crippen LogP contribution in [-0.4, -0.2) is 28.8 Å². The molecule has 1 atom stereocenters. The van der Waals surface area contributed by atoms with Crippen LogP contribution in [0.2, 0.25) is 0 Å². The number of amides is 1. The molecule has 0 saturated carbocycles. The summed E-state index contributed by atoms with van der Waals surface area (Å²) < 4.78 is 1.68. The third-order valence-corrected chi connectivity index (χ3v) is 2.88. The van der Waals surface area contributed by atoms with Gasteiger partial charge in [-0.2, -0.15) is 5.10 Å². The van der Waals surface area contributed by atoms with Crippen molar-refractivity contribution in [3.63, 3.8) is 0 Å². The molecule has 1 amide bonds. The maximum Gasteiger partial charge on any atom is 0.254 e. The van der Waals surface area contributed by atoms with E-state index in [1.165, 1.54) is 0 Å². The highest BCUT2D eigenvalue weighted by molar-refractivity contribution is 5.93. The molecule has 2 rings (SSSR count). The molecule has 19 heavy (non-hydrogen) atoms. The maximum atomic E-state index is 11.9. The number of nitrogens with two attached hydrogens (primary N) is 1. The number of carbonyl (C=O) groups is 1. The Labute approximate surface area is 112 Å². The zero-order valence-corrected chi connectivity index (χ0v) is 10.9. The molecule has 0 saturated heterocycles. The van der Waals surface area contributed by atoms with E-state index in [2.05, 4.69) is 10.4 Å². The first-order chi connectivity index (χ1) is 9.20. The SMILES string of the molecule is CC(CN)CNC(=O)c1cnn(-c2ccccc2)c1. The van der Waals surface area contributed by atoms with Crippen LogP contribution in [0.3, 0.4) is 0 Å². The molecular formula is C14H18N4O. The molecule has 1 aromatic heterocycles.